The summed E-state index contributed by atoms with van der Waals surface area (Å²) in [6, 6.07) is 0.978. The number of sulfonamides is 1. The van der Waals surface area contributed by atoms with Crippen molar-refractivity contribution in [3.63, 3.8) is 0 Å². The van der Waals surface area contributed by atoms with Gasteiger partial charge in [0.05, 0.1) is 0 Å². The zero-order valence-corrected chi connectivity index (χ0v) is 13.3. The first kappa shape index (κ1) is 17.2. The number of aliphatic hydroxyl groups excluding tert-OH is 1. The fraction of sp³-hybridized carbons (Fsp3) is 0.545. The van der Waals surface area contributed by atoms with E-state index in [1.54, 1.807) is 0 Å². The fourth-order valence-electron chi connectivity index (χ4n) is 1.54. The number of halogens is 1. The van der Waals surface area contributed by atoms with Crippen LogP contribution in [0.25, 0.3) is 0 Å². The number of nitrogens with zero attached hydrogens (tertiary/aromatic N) is 1. The highest BCUT2D eigenvalue weighted by atomic mass is 79.9. The number of aliphatic hydroxyl groups is 1. The van der Waals surface area contributed by atoms with Crippen molar-refractivity contribution in [3.05, 3.63) is 16.5 Å². The molecule has 1 rings (SSSR count). The molecule has 0 unspecified atom stereocenters. The van der Waals surface area contributed by atoms with Crippen LogP contribution in [0, 0.1) is 0 Å². The number of aromatic carboxylic acids is 1. The number of furan rings is 1. The van der Waals surface area contributed by atoms with E-state index in [4.69, 9.17) is 14.6 Å². The summed E-state index contributed by atoms with van der Waals surface area (Å²) in [4.78, 5) is 10.6. The van der Waals surface area contributed by atoms with Gasteiger partial charge >= 0.3 is 5.97 Å². The Bertz CT molecular complexity index is 567. The highest BCUT2D eigenvalue weighted by Gasteiger charge is 2.28. The predicted octanol–water partition coefficient (Wildman–Crippen LogP) is 1.52. The van der Waals surface area contributed by atoms with Crippen molar-refractivity contribution in [2.24, 2.45) is 0 Å². The number of carboxylic acid groups (broad SMARTS) is 1. The lowest BCUT2D eigenvalue weighted by Crippen LogP contribution is -2.28. The Hall–Kier alpha value is -0.900. The van der Waals surface area contributed by atoms with Gasteiger partial charge in [0.15, 0.2) is 4.67 Å². The molecular formula is C11H16BrNO6S. The second-order valence-electron chi connectivity index (χ2n) is 4.16. The van der Waals surface area contributed by atoms with Crippen LogP contribution in [0.15, 0.2) is 20.0 Å². The van der Waals surface area contributed by atoms with Gasteiger partial charge in [-0.2, -0.15) is 0 Å². The lowest BCUT2D eigenvalue weighted by Gasteiger charge is -2.15. The highest BCUT2D eigenvalue weighted by Crippen LogP contribution is 2.28. The van der Waals surface area contributed by atoms with Crippen molar-refractivity contribution in [1.82, 2.24) is 4.31 Å². The molecule has 7 nitrogen and oxygen atoms in total. The maximum Gasteiger partial charge on any atom is 0.371 e. The molecular weight excluding hydrogens is 354 g/mol. The van der Waals surface area contributed by atoms with Crippen LogP contribution in [0.3, 0.4) is 0 Å². The Balaban J connectivity index is 2.84. The lowest BCUT2D eigenvalue weighted by atomic mass is 10.2. The van der Waals surface area contributed by atoms with Crippen molar-refractivity contribution in [1.29, 1.82) is 0 Å². The zero-order valence-electron chi connectivity index (χ0n) is 10.9. The normalized spacial score (nSPS) is 12.0. The number of rotatable bonds is 8. The monoisotopic (exact) mass is 369 g/mol. The molecule has 0 aliphatic heterocycles. The molecule has 0 saturated heterocycles. The van der Waals surface area contributed by atoms with Crippen LogP contribution >= 0.6 is 15.9 Å². The third-order valence-corrected chi connectivity index (χ3v) is 5.40. The van der Waals surface area contributed by atoms with Gasteiger partial charge < -0.3 is 14.6 Å². The molecule has 0 atom stereocenters. The van der Waals surface area contributed by atoms with E-state index in [1.165, 1.54) is 7.05 Å². The Labute approximate surface area is 125 Å². The van der Waals surface area contributed by atoms with E-state index < -0.39 is 21.8 Å². The highest BCUT2D eigenvalue weighted by molar-refractivity contribution is 9.10. The standard InChI is InChI=1S/C11H16BrNO6S/c1-13(5-3-2-4-6-14)20(17,18)9-7-8(11(15)16)19-10(9)12/h7,14H,2-6H2,1H3,(H,15,16). The number of carboxylic acids is 1. The van der Waals surface area contributed by atoms with E-state index in [-0.39, 0.29) is 22.7 Å². The van der Waals surface area contributed by atoms with Crippen molar-refractivity contribution in [2.75, 3.05) is 20.2 Å². The molecule has 0 radical (unpaired) electrons. The van der Waals surface area contributed by atoms with Crippen LogP contribution in [0.4, 0.5) is 0 Å². The Morgan fingerprint density at radius 1 is 1.40 bits per heavy atom. The SMILES string of the molecule is CN(CCCCCO)S(=O)(=O)c1cc(C(=O)O)oc1Br. The second kappa shape index (κ2) is 7.21. The van der Waals surface area contributed by atoms with Gasteiger partial charge in [0.1, 0.15) is 4.90 Å². The summed E-state index contributed by atoms with van der Waals surface area (Å²) in [5.74, 6) is -1.78. The van der Waals surface area contributed by atoms with E-state index in [1.807, 2.05) is 0 Å². The minimum atomic E-state index is -3.80. The minimum absolute atomic E-state index is 0.0751. The molecule has 0 amide bonds. The van der Waals surface area contributed by atoms with Crippen molar-refractivity contribution in [2.45, 2.75) is 24.2 Å². The first-order chi connectivity index (χ1) is 9.30. The summed E-state index contributed by atoms with van der Waals surface area (Å²) in [6.45, 7) is 0.355. The molecule has 0 aromatic carbocycles. The quantitative estimate of drug-likeness (QED) is 0.672. The van der Waals surface area contributed by atoms with Gasteiger partial charge in [0.25, 0.3) is 0 Å². The average Bonchev–Trinajstić information content (AvgIpc) is 2.77. The minimum Gasteiger partial charge on any atom is -0.475 e. The molecule has 114 valence electrons. The average molecular weight is 370 g/mol. The van der Waals surface area contributed by atoms with E-state index in [9.17, 15) is 13.2 Å². The number of hydrogen-bond donors (Lipinski definition) is 2. The van der Waals surface area contributed by atoms with Gasteiger partial charge in [0, 0.05) is 26.3 Å². The van der Waals surface area contributed by atoms with Gasteiger partial charge in [-0.25, -0.2) is 17.5 Å². The molecule has 2 N–H and O–H groups in total. The molecule has 0 fully saturated rings. The first-order valence-corrected chi connectivity index (χ1v) is 8.14. The third-order valence-electron chi connectivity index (χ3n) is 2.69. The molecule has 0 aliphatic carbocycles. The van der Waals surface area contributed by atoms with Crippen LogP contribution in [-0.2, 0) is 10.0 Å². The van der Waals surface area contributed by atoms with Gasteiger partial charge in [-0.15, -0.1) is 0 Å². The molecule has 0 saturated carbocycles. The summed E-state index contributed by atoms with van der Waals surface area (Å²) in [6.07, 6.45) is 1.94. The molecule has 0 spiro atoms. The topological polar surface area (TPSA) is 108 Å². The summed E-state index contributed by atoms with van der Waals surface area (Å²) in [5, 5.41) is 17.4. The van der Waals surface area contributed by atoms with Crippen molar-refractivity contribution < 1.29 is 27.8 Å². The predicted molar refractivity (Wildman–Crippen MR) is 74.1 cm³/mol. The Kier molecular flexibility index (Phi) is 6.18. The van der Waals surface area contributed by atoms with Crippen LogP contribution in [0.5, 0.6) is 0 Å². The summed E-state index contributed by atoms with van der Waals surface area (Å²) < 4.78 is 30.3. The zero-order chi connectivity index (χ0) is 15.3. The van der Waals surface area contributed by atoms with Crippen LogP contribution < -0.4 is 0 Å². The van der Waals surface area contributed by atoms with Crippen LogP contribution in [0.1, 0.15) is 29.8 Å². The van der Waals surface area contributed by atoms with Crippen LogP contribution in [-0.4, -0.2) is 49.1 Å². The first-order valence-electron chi connectivity index (χ1n) is 5.90. The maximum absolute atomic E-state index is 12.2. The maximum atomic E-state index is 12.2. The number of carbonyl (C=O) groups is 1. The molecule has 1 heterocycles. The second-order valence-corrected chi connectivity index (χ2v) is 6.90. The molecule has 1 aromatic heterocycles. The van der Waals surface area contributed by atoms with Crippen molar-refractivity contribution in [3.8, 4) is 0 Å². The molecule has 0 aliphatic rings. The van der Waals surface area contributed by atoms with E-state index in [2.05, 4.69) is 15.9 Å². The molecule has 20 heavy (non-hydrogen) atoms. The number of hydrogen-bond acceptors (Lipinski definition) is 5. The van der Waals surface area contributed by atoms with Gasteiger partial charge in [-0.1, -0.05) is 0 Å². The van der Waals surface area contributed by atoms with Crippen molar-refractivity contribution >= 4 is 31.9 Å². The molecule has 1 aromatic rings. The van der Waals surface area contributed by atoms with Gasteiger partial charge in [0.2, 0.25) is 15.8 Å². The van der Waals surface area contributed by atoms with E-state index >= 15 is 0 Å². The van der Waals surface area contributed by atoms with E-state index in [0.717, 1.165) is 10.4 Å². The Morgan fingerprint density at radius 2 is 2.05 bits per heavy atom. The summed E-state index contributed by atoms with van der Waals surface area (Å²) in [5.41, 5.74) is 0. The van der Waals surface area contributed by atoms with Gasteiger partial charge in [-0.3, -0.25) is 0 Å². The van der Waals surface area contributed by atoms with E-state index in [0.29, 0.717) is 19.3 Å². The lowest BCUT2D eigenvalue weighted by molar-refractivity contribution is 0.0661. The molecule has 0 bridgehead atoms. The molecule has 9 heteroatoms. The van der Waals surface area contributed by atoms with Gasteiger partial charge in [-0.05, 0) is 35.2 Å². The smallest absolute Gasteiger partial charge is 0.371 e. The largest absolute Gasteiger partial charge is 0.475 e. The summed E-state index contributed by atoms with van der Waals surface area (Å²) in [7, 11) is -2.39. The third kappa shape index (κ3) is 4.05. The fourth-order valence-corrected chi connectivity index (χ4v) is 3.65. The Morgan fingerprint density at radius 3 is 2.55 bits per heavy atom. The van der Waals surface area contributed by atoms with Crippen LogP contribution in [0.2, 0.25) is 0 Å². The number of unbranched alkanes of at least 4 members (excludes halogenated alkanes) is 2. The summed E-state index contributed by atoms with van der Waals surface area (Å²) >= 11 is 2.91.